The maximum Gasteiger partial charge on any atom is 0.354 e. The number of halogens is 1. The van der Waals surface area contributed by atoms with Crippen LogP contribution in [0.25, 0.3) is 27.8 Å². The van der Waals surface area contributed by atoms with Crippen LogP contribution in [-0.4, -0.2) is 35.2 Å². The molecule has 0 atom stereocenters. The number of nitrogens with zero attached hydrogens (tertiary/aromatic N) is 3. The van der Waals surface area contributed by atoms with Gasteiger partial charge in [-0.25, -0.2) is 19.1 Å². The largest absolute Gasteiger partial charge is 0.477 e. The third-order valence-electron chi connectivity index (χ3n) is 5.20. The number of nitrogen functional groups attached to an aromatic ring is 1. The number of aromatic nitrogens is 5. The van der Waals surface area contributed by atoms with Crippen LogP contribution in [-0.2, 0) is 6.54 Å². The lowest BCUT2D eigenvalue weighted by molar-refractivity contribution is 0.0686. The Balaban J connectivity index is 1.91. The van der Waals surface area contributed by atoms with E-state index >= 15 is 0 Å². The number of anilines is 1. The molecule has 0 aliphatic rings. The minimum atomic E-state index is -1.28. The molecule has 5 aromatic rings. The predicted molar refractivity (Wildman–Crippen MR) is 122 cm³/mol. The van der Waals surface area contributed by atoms with Crippen LogP contribution in [0.2, 0.25) is 0 Å². The van der Waals surface area contributed by atoms with Gasteiger partial charge in [0.15, 0.2) is 11.3 Å². The summed E-state index contributed by atoms with van der Waals surface area (Å²) in [6.45, 7) is 0.170. The van der Waals surface area contributed by atoms with Gasteiger partial charge in [-0.1, -0.05) is 28.1 Å². The number of H-pyrrole nitrogens is 2. The maximum absolute atomic E-state index is 13.2. The zero-order chi connectivity index (χ0) is 22.6. The van der Waals surface area contributed by atoms with Crippen molar-refractivity contribution in [3.63, 3.8) is 0 Å². The SMILES string of the molecule is Nc1cccc(Cn2c(C(=O)O)c(-n3c(=O)[nH]c4nc[nH]c4c3=O)c3cc(Br)ccc32)c1. The molecule has 0 aliphatic carbocycles. The van der Waals surface area contributed by atoms with E-state index in [2.05, 4.69) is 30.9 Å². The van der Waals surface area contributed by atoms with E-state index in [0.717, 1.165) is 10.1 Å². The number of hydrogen-bond acceptors (Lipinski definition) is 5. The van der Waals surface area contributed by atoms with E-state index in [9.17, 15) is 19.5 Å². The van der Waals surface area contributed by atoms with Gasteiger partial charge in [-0.05, 0) is 35.9 Å². The van der Waals surface area contributed by atoms with Gasteiger partial charge in [0.25, 0.3) is 5.56 Å². The highest BCUT2D eigenvalue weighted by Crippen LogP contribution is 2.32. The molecule has 10 nitrogen and oxygen atoms in total. The Labute approximate surface area is 187 Å². The lowest BCUT2D eigenvalue weighted by Crippen LogP contribution is -2.34. The Morgan fingerprint density at radius 2 is 2.00 bits per heavy atom. The number of carboxylic acids is 1. The Bertz CT molecular complexity index is 1660. The van der Waals surface area contributed by atoms with Crippen LogP contribution in [0.3, 0.4) is 0 Å². The molecule has 0 spiro atoms. The summed E-state index contributed by atoms with van der Waals surface area (Å²) in [5.74, 6) is -1.28. The molecule has 32 heavy (non-hydrogen) atoms. The van der Waals surface area contributed by atoms with Gasteiger partial charge in [0, 0.05) is 22.1 Å². The van der Waals surface area contributed by atoms with Crippen molar-refractivity contribution < 1.29 is 9.90 Å². The minimum Gasteiger partial charge on any atom is -0.477 e. The van der Waals surface area contributed by atoms with Crippen molar-refractivity contribution in [2.24, 2.45) is 0 Å². The molecule has 0 amide bonds. The van der Waals surface area contributed by atoms with E-state index in [0.29, 0.717) is 21.1 Å². The van der Waals surface area contributed by atoms with Gasteiger partial charge < -0.3 is 20.4 Å². The lowest BCUT2D eigenvalue weighted by Gasteiger charge is -2.10. The molecule has 0 bridgehead atoms. The number of nitrogens with one attached hydrogen (secondary N) is 2. The van der Waals surface area contributed by atoms with Crippen molar-refractivity contribution in [3.8, 4) is 5.69 Å². The van der Waals surface area contributed by atoms with Gasteiger partial charge in [0.1, 0.15) is 5.52 Å². The number of rotatable bonds is 4. The highest BCUT2D eigenvalue weighted by Gasteiger charge is 2.27. The van der Waals surface area contributed by atoms with Gasteiger partial charge in [-0.3, -0.25) is 9.78 Å². The molecule has 3 aromatic heterocycles. The molecular formula is C21H15BrN6O4. The molecule has 3 heterocycles. The number of benzene rings is 2. The molecule has 5 N–H and O–H groups in total. The van der Waals surface area contributed by atoms with Crippen LogP contribution in [0.15, 0.2) is 62.9 Å². The average Bonchev–Trinajstić information content (AvgIpc) is 3.31. The van der Waals surface area contributed by atoms with Crippen molar-refractivity contribution in [2.45, 2.75) is 6.54 Å². The standard InChI is InChI=1S/C21H15BrN6O4/c22-11-4-5-14-13(7-11)16(28-19(29)15-18(25-9-24-15)26-21(28)32)17(20(30)31)27(14)8-10-2-1-3-12(23)6-10/h1-7,9H,8,23H2,(H,24,25)(H,26,32)(H,30,31). The van der Waals surface area contributed by atoms with E-state index in [4.69, 9.17) is 5.73 Å². The summed E-state index contributed by atoms with van der Waals surface area (Å²) < 4.78 is 3.04. The monoisotopic (exact) mass is 494 g/mol. The zero-order valence-electron chi connectivity index (χ0n) is 16.3. The Morgan fingerprint density at radius 3 is 2.75 bits per heavy atom. The van der Waals surface area contributed by atoms with E-state index < -0.39 is 17.2 Å². The Morgan fingerprint density at radius 1 is 1.19 bits per heavy atom. The summed E-state index contributed by atoms with van der Waals surface area (Å²) in [7, 11) is 0. The number of carboxylic acid groups (broad SMARTS) is 1. The van der Waals surface area contributed by atoms with E-state index in [1.54, 1.807) is 41.0 Å². The molecule has 0 saturated carbocycles. The summed E-state index contributed by atoms with van der Waals surface area (Å²) in [6.07, 6.45) is 1.28. The second kappa shape index (κ2) is 7.24. The molecule has 5 rings (SSSR count). The van der Waals surface area contributed by atoms with E-state index in [-0.39, 0.29) is 29.1 Å². The van der Waals surface area contributed by atoms with Crippen molar-refractivity contribution in [3.05, 3.63) is 85.4 Å². The highest BCUT2D eigenvalue weighted by atomic mass is 79.9. The second-order valence-electron chi connectivity index (χ2n) is 7.19. The number of aromatic amines is 2. The van der Waals surface area contributed by atoms with Gasteiger partial charge in [-0.15, -0.1) is 0 Å². The van der Waals surface area contributed by atoms with Gasteiger partial charge >= 0.3 is 11.7 Å². The zero-order valence-corrected chi connectivity index (χ0v) is 17.9. The molecular weight excluding hydrogens is 480 g/mol. The first kappa shape index (κ1) is 19.8. The summed E-state index contributed by atoms with van der Waals surface area (Å²) in [5, 5.41) is 10.6. The fourth-order valence-corrected chi connectivity index (χ4v) is 4.27. The lowest BCUT2D eigenvalue weighted by atomic mass is 10.2. The second-order valence-corrected chi connectivity index (χ2v) is 8.11. The average molecular weight is 495 g/mol. The molecule has 0 saturated heterocycles. The normalized spacial score (nSPS) is 11.4. The first-order valence-corrected chi connectivity index (χ1v) is 10.2. The van der Waals surface area contributed by atoms with Crippen molar-refractivity contribution in [2.75, 3.05) is 5.73 Å². The first-order valence-electron chi connectivity index (χ1n) is 9.43. The summed E-state index contributed by atoms with van der Waals surface area (Å²) >= 11 is 3.39. The number of nitrogens with two attached hydrogens (primary N) is 1. The van der Waals surface area contributed by atoms with Gasteiger partial charge in [0.2, 0.25) is 0 Å². The van der Waals surface area contributed by atoms with E-state index in [1.807, 2.05) is 6.07 Å². The summed E-state index contributed by atoms with van der Waals surface area (Å²) in [6, 6.07) is 12.2. The highest BCUT2D eigenvalue weighted by molar-refractivity contribution is 9.10. The fourth-order valence-electron chi connectivity index (χ4n) is 3.91. The van der Waals surface area contributed by atoms with Crippen molar-refractivity contribution >= 4 is 49.7 Å². The van der Waals surface area contributed by atoms with Gasteiger partial charge in [-0.2, -0.15) is 0 Å². The number of carbonyl (C=O) groups is 1. The van der Waals surface area contributed by atoms with Gasteiger partial charge in [0.05, 0.1) is 17.5 Å². The fraction of sp³-hybridized carbons (Fsp3) is 0.0476. The third kappa shape index (κ3) is 3.02. The van der Waals surface area contributed by atoms with Crippen molar-refractivity contribution in [1.29, 1.82) is 0 Å². The molecule has 0 aliphatic heterocycles. The van der Waals surface area contributed by atoms with Crippen LogP contribution in [0.5, 0.6) is 0 Å². The van der Waals surface area contributed by atoms with Crippen molar-refractivity contribution in [1.82, 2.24) is 24.1 Å². The molecule has 160 valence electrons. The number of imidazole rings is 1. The van der Waals surface area contributed by atoms with Crippen LogP contribution in [0.4, 0.5) is 5.69 Å². The van der Waals surface area contributed by atoms with Crippen LogP contribution >= 0.6 is 15.9 Å². The van der Waals surface area contributed by atoms with Crippen LogP contribution in [0.1, 0.15) is 16.1 Å². The quantitative estimate of drug-likeness (QED) is 0.281. The predicted octanol–water partition coefficient (Wildman–Crippen LogP) is 2.45. The Kier molecular flexibility index (Phi) is 4.48. The molecule has 0 unspecified atom stereocenters. The maximum atomic E-state index is 13.2. The molecule has 2 aromatic carbocycles. The number of hydrogen-bond donors (Lipinski definition) is 4. The molecule has 0 fully saturated rings. The topological polar surface area (TPSA) is 152 Å². The molecule has 0 radical (unpaired) electrons. The summed E-state index contributed by atoms with van der Waals surface area (Å²) in [4.78, 5) is 47.6. The Hall–Kier alpha value is -4.12. The summed E-state index contributed by atoms with van der Waals surface area (Å²) in [5.41, 5.74) is 6.17. The minimum absolute atomic E-state index is 0.0274. The van der Waals surface area contributed by atoms with Crippen LogP contribution < -0.4 is 17.0 Å². The first-order chi connectivity index (χ1) is 15.3. The third-order valence-corrected chi connectivity index (χ3v) is 5.69. The van der Waals surface area contributed by atoms with Crippen LogP contribution in [0, 0.1) is 0 Å². The number of fused-ring (bicyclic) bond motifs is 2. The molecule has 11 heteroatoms. The van der Waals surface area contributed by atoms with E-state index in [1.165, 1.54) is 6.33 Å². The number of aromatic carboxylic acids is 1. The smallest absolute Gasteiger partial charge is 0.354 e.